The number of halogens is 4. The second-order valence-corrected chi connectivity index (χ2v) is 5.42. The third-order valence-electron chi connectivity index (χ3n) is 2.77. The minimum atomic E-state index is -4.57. The number of anilines is 1. The fourth-order valence-corrected chi connectivity index (χ4v) is 2.43. The Bertz CT molecular complexity index is 569. The smallest absolute Gasteiger partial charge is 0.413 e. The fraction of sp³-hybridized carbons (Fsp3) is 0.308. The third-order valence-corrected chi connectivity index (χ3v) is 3.44. The van der Waals surface area contributed by atoms with Crippen molar-refractivity contribution in [3.63, 3.8) is 0 Å². The van der Waals surface area contributed by atoms with Crippen molar-refractivity contribution in [2.75, 3.05) is 11.9 Å². The summed E-state index contributed by atoms with van der Waals surface area (Å²) in [6, 6.07) is 2.92. The Balaban J connectivity index is 2.48. The third kappa shape index (κ3) is 3.08. The predicted octanol–water partition coefficient (Wildman–Crippen LogP) is 3.59. The van der Waals surface area contributed by atoms with E-state index in [1.165, 1.54) is 6.08 Å². The Labute approximate surface area is 127 Å². The van der Waals surface area contributed by atoms with E-state index in [4.69, 9.17) is 4.74 Å². The Morgan fingerprint density at radius 1 is 1.45 bits per heavy atom. The lowest BCUT2D eigenvalue weighted by Gasteiger charge is -2.28. The van der Waals surface area contributed by atoms with Crippen LogP contribution in [0.25, 0.3) is 6.08 Å². The number of fused-ring (bicyclic) bond motifs is 1. The van der Waals surface area contributed by atoms with Gasteiger partial charge in [-0.05, 0) is 59.4 Å². The molecule has 1 aliphatic heterocycles. The number of carbonyl (C=O) groups is 1. The zero-order valence-corrected chi connectivity index (χ0v) is 12.6. The molecular formula is C13H11F3INO2. The van der Waals surface area contributed by atoms with Gasteiger partial charge in [-0.3, -0.25) is 0 Å². The molecule has 1 unspecified atom stereocenters. The van der Waals surface area contributed by atoms with Gasteiger partial charge in [0.05, 0.1) is 12.2 Å². The predicted molar refractivity (Wildman–Crippen MR) is 77.2 cm³/mol. The topological polar surface area (TPSA) is 38.3 Å². The van der Waals surface area contributed by atoms with Gasteiger partial charge in [0.1, 0.15) is 0 Å². The number of alkyl halides is 3. The van der Waals surface area contributed by atoms with E-state index in [0.29, 0.717) is 11.3 Å². The summed E-state index contributed by atoms with van der Waals surface area (Å²) in [6.45, 7) is 1.58. The average molecular weight is 397 g/mol. The maximum absolute atomic E-state index is 13.1. The van der Waals surface area contributed by atoms with Crippen LogP contribution in [0.15, 0.2) is 23.8 Å². The van der Waals surface area contributed by atoms with Crippen molar-refractivity contribution >= 4 is 40.3 Å². The van der Waals surface area contributed by atoms with Gasteiger partial charge < -0.3 is 10.1 Å². The molecule has 0 aromatic heterocycles. The maximum atomic E-state index is 13.1. The molecule has 0 radical (unpaired) electrons. The van der Waals surface area contributed by atoms with Gasteiger partial charge >= 0.3 is 12.1 Å². The molecular weight excluding hydrogens is 386 g/mol. The van der Waals surface area contributed by atoms with E-state index < -0.39 is 23.8 Å². The summed E-state index contributed by atoms with van der Waals surface area (Å²) in [5, 5.41) is 2.36. The van der Waals surface area contributed by atoms with Crippen molar-refractivity contribution in [1.29, 1.82) is 0 Å². The van der Waals surface area contributed by atoms with Crippen LogP contribution >= 0.6 is 22.6 Å². The summed E-state index contributed by atoms with van der Waals surface area (Å²) in [7, 11) is 0. The first-order chi connectivity index (χ1) is 9.32. The lowest BCUT2D eigenvalue weighted by atomic mass is 9.97. The highest BCUT2D eigenvalue weighted by Gasteiger charge is 2.46. The molecule has 1 aromatic rings. The van der Waals surface area contributed by atoms with Crippen LogP contribution in [0.3, 0.4) is 0 Å². The van der Waals surface area contributed by atoms with Gasteiger partial charge in [0.2, 0.25) is 0 Å². The summed E-state index contributed by atoms with van der Waals surface area (Å²) in [5.41, 5.74) is 0.468. The Morgan fingerprint density at radius 3 is 2.75 bits per heavy atom. The van der Waals surface area contributed by atoms with Crippen LogP contribution in [0.1, 0.15) is 12.5 Å². The van der Waals surface area contributed by atoms with Gasteiger partial charge in [0.25, 0.3) is 0 Å². The SMILES string of the molecule is CCOC(=O)C1=Cc2cc(I)ccc2NC1C(F)(F)F. The molecule has 1 atom stereocenters. The van der Waals surface area contributed by atoms with Crippen molar-refractivity contribution in [1.82, 2.24) is 0 Å². The lowest BCUT2D eigenvalue weighted by Crippen LogP contribution is -2.42. The number of ether oxygens (including phenoxy) is 1. The summed E-state index contributed by atoms with van der Waals surface area (Å²) in [5.74, 6) is -0.952. The van der Waals surface area contributed by atoms with Crippen molar-refractivity contribution < 1.29 is 22.7 Å². The summed E-state index contributed by atoms with van der Waals surface area (Å²) >= 11 is 2.05. The minimum Gasteiger partial charge on any atom is -0.463 e. The second-order valence-electron chi connectivity index (χ2n) is 4.17. The summed E-state index contributed by atoms with van der Waals surface area (Å²) in [4.78, 5) is 11.7. The first-order valence-electron chi connectivity index (χ1n) is 5.84. The molecule has 20 heavy (non-hydrogen) atoms. The molecule has 1 N–H and O–H groups in total. The lowest BCUT2D eigenvalue weighted by molar-refractivity contribution is -0.150. The molecule has 2 rings (SSSR count). The quantitative estimate of drug-likeness (QED) is 0.613. The normalized spacial score (nSPS) is 17.9. The molecule has 0 saturated heterocycles. The first kappa shape index (κ1) is 15.1. The number of nitrogens with one attached hydrogen (secondary N) is 1. The molecule has 0 amide bonds. The van der Waals surface area contributed by atoms with Crippen LogP contribution in [0.2, 0.25) is 0 Å². The number of hydrogen-bond donors (Lipinski definition) is 1. The van der Waals surface area contributed by atoms with Crippen LogP contribution in [0.4, 0.5) is 18.9 Å². The fourth-order valence-electron chi connectivity index (χ4n) is 1.92. The molecule has 0 bridgehead atoms. The highest BCUT2D eigenvalue weighted by molar-refractivity contribution is 14.1. The van der Waals surface area contributed by atoms with Gasteiger partial charge in [-0.2, -0.15) is 13.2 Å². The molecule has 108 valence electrons. The maximum Gasteiger partial charge on any atom is 0.413 e. The highest BCUT2D eigenvalue weighted by Crippen LogP contribution is 2.36. The van der Waals surface area contributed by atoms with E-state index >= 15 is 0 Å². The van der Waals surface area contributed by atoms with Crippen molar-refractivity contribution in [3.8, 4) is 0 Å². The molecule has 1 heterocycles. The molecule has 1 aromatic carbocycles. The number of rotatable bonds is 2. The molecule has 0 fully saturated rings. The first-order valence-corrected chi connectivity index (χ1v) is 6.92. The van der Waals surface area contributed by atoms with Crippen molar-refractivity contribution in [3.05, 3.63) is 32.9 Å². The van der Waals surface area contributed by atoms with Crippen LogP contribution in [0.5, 0.6) is 0 Å². The standard InChI is InChI=1S/C13H11F3INO2/c1-2-20-12(19)9-6-7-5-8(17)3-4-10(7)18-11(9)13(14,15)16/h3-6,11,18H,2H2,1H3. The molecule has 3 nitrogen and oxygen atoms in total. The van der Waals surface area contributed by atoms with Crippen molar-refractivity contribution in [2.24, 2.45) is 0 Å². The van der Waals surface area contributed by atoms with E-state index in [1.54, 1.807) is 25.1 Å². The van der Waals surface area contributed by atoms with Gasteiger partial charge in [-0.1, -0.05) is 0 Å². The molecule has 0 aliphatic carbocycles. The molecule has 0 spiro atoms. The monoisotopic (exact) mass is 397 g/mol. The number of hydrogen-bond acceptors (Lipinski definition) is 3. The summed E-state index contributed by atoms with van der Waals surface area (Å²) < 4.78 is 44.7. The highest BCUT2D eigenvalue weighted by atomic mass is 127. The Morgan fingerprint density at radius 2 is 2.15 bits per heavy atom. The van der Waals surface area contributed by atoms with E-state index in [1.807, 2.05) is 0 Å². The van der Waals surface area contributed by atoms with Crippen LogP contribution < -0.4 is 5.32 Å². The van der Waals surface area contributed by atoms with E-state index in [-0.39, 0.29) is 6.61 Å². The van der Waals surface area contributed by atoms with Gasteiger partial charge in [-0.15, -0.1) is 0 Å². The van der Waals surface area contributed by atoms with Gasteiger partial charge in [0.15, 0.2) is 6.04 Å². The number of esters is 1. The van der Waals surface area contributed by atoms with Crippen molar-refractivity contribution in [2.45, 2.75) is 19.1 Å². The Kier molecular flexibility index (Phi) is 4.26. The van der Waals surface area contributed by atoms with Gasteiger partial charge in [-0.25, -0.2) is 4.79 Å². The Hall–Kier alpha value is -1.25. The van der Waals surface area contributed by atoms with Crippen LogP contribution in [-0.4, -0.2) is 24.8 Å². The molecule has 1 aliphatic rings. The van der Waals surface area contributed by atoms with Crippen LogP contribution in [0, 0.1) is 3.57 Å². The zero-order valence-electron chi connectivity index (χ0n) is 10.4. The van der Waals surface area contributed by atoms with Gasteiger partial charge in [0, 0.05) is 9.26 Å². The second kappa shape index (κ2) is 5.63. The molecule has 7 heteroatoms. The largest absolute Gasteiger partial charge is 0.463 e. The van der Waals surface area contributed by atoms with E-state index in [2.05, 4.69) is 27.9 Å². The van der Waals surface area contributed by atoms with Crippen LogP contribution in [-0.2, 0) is 9.53 Å². The van der Waals surface area contributed by atoms with E-state index in [9.17, 15) is 18.0 Å². The molecule has 0 saturated carbocycles. The average Bonchev–Trinajstić information content (AvgIpc) is 2.36. The summed E-state index contributed by atoms with van der Waals surface area (Å²) in [6.07, 6.45) is -3.33. The minimum absolute atomic E-state index is 0.0277. The zero-order chi connectivity index (χ0) is 14.9. The number of benzene rings is 1. The van der Waals surface area contributed by atoms with E-state index in [0.717, 1.165) is 3.57 Å². The number of carbonyl (C=O) groups excluding carboxylic acids is 1.